The number of hydrogen-bond acceptors (Lipinski definition) is 4. The summed E-state index contributed by atoms with van der Waals surface area (Å²) in [6, 6.07) is 10.5. The first kappa shape index (κ1) is 18.2. The zero-order valence-electron chi connectivity index (χ0n) is 14.8. The summed E-state index contributed by atoms with van der Waals surface area (Å²) in [7, 11) is 0. The van der Waals surface area contributed by atoms with Gasteiger partial charge in [0.25, 0.3) is 5.91 Å². The van der Waals surface area contributed by atoms with Crippen molar-refractivity contribution in [3.8, 4) is 0 Å². The second-order valence-corrected chi connectivity index (χ2v) is 6.62. The summed E-state index contributed by atoms with van der Waals surface area (Å²) in [5.74, 6) is -0.599. The fourth-order valence-electron chi connectivity index (χ4n) is 3.30. The molecular weight excluding hydrogens is 369 g/mol. The maximum atomic E-state index is 13.2. The Bertz CT molecular complexity index is 1030. The quantitative estimate of drug-likeness (QED) is 0.720. The average Bonchev–Trinajstić information content (AvgIpc) is 3.21. The third kappa shape index (κ3) is 3.62. The fraction of sp³-hybridized carbons (Fsp3) is 0.250. The van der Waals surface area contributed by atoms with Gasteiger partial charge in [-0.2, -0.15) is 13.2 Å². The van der Waals surface area contributed by atoms with E-state index >= 15 is 0 Å². The fourth-order valence-corrected chi connectivity index (χ4v) is 3.30. The van der Waals surface area contributed by atoms with Crippen molar-refractivity contribution in [3.05, 3.63) is 59.9 Å². The Morgan fingerprint density at radius 1 is 1.04 bits per heavy atom. The number of aromatic nitrogens is 2. The van der Waals surface area contributed by atoms with Crippen LogP contribution in [-0.2, 0) is 6.18 Å². The number of rotatable bonds is 3. The van der Waals surface area contributed by atoms with Crippen molar-refractivity contribution < 1.29 is 18.0 Å². The first-order valence-corrected chi connectivity index (χ1v) is 8.91. The maximum Gasteiger partial charge on any atom is 0.416 e. The largest absolute Gasteiger partial charge is 0.416 e. The molecule has 1 aliphatic rings. The monoisotopic (exact) mass is 386 g/mol. The smallest absolute Gasteiger partial charge is 0.370 e. The molecule has 1 N–H and O–H groups in total. The van der Waals surface area contributed by atoms with Gasteiger partial charge in [0, 0.05) is 13.1 Å². The molecule has 0 saturated carbocycles. The lowest BCUT2D eigenvalue weighted by Crippen LogP contribution is -2.22. The van der Waals surface area contributed by atoms with E-state index in [1.807, 2.05) is 11.0 Å². The molecule has 1 aliphatic heterocycles. The molecule has 1 aromatic heterocycles. The van der Waals surface area contributed by atoms with Crippen LogP contribution in [0.25, 0.3) is 11.0 Å². The predicted octanol–water partition coefficient (Wildman–Crippen LogP) is 4.50. The van der Waals surface area contributed by atoms with E-state index in [-0.39, 0.29) is 11.4 Å². The highest BCUT2D eigenvalue weighted by Crippen LogP contribution is 2.36. The standard InChI is InChI=1S/C20H17F3N4O/c21-20(22,23)13-7-8-18(27-9-3-4-10-27)16(11-13)26-19(28)17-12-24-14-5-1-2-6-15(14)25-17/h1-2,5-8,11-12H,3-4,9-10H2,(H,26,28). The Morgan fingerprint density at radius 2 is 1.75 bits per heavy atom. The van der Waals surface area contributed by atoms with E-state index < -0.39 is 17.6 Å². The van der Waals surface area contributed by atoms with Crippen LogP contribution in [0.3, 0.4) is 0 Å². The summed E-state index contributed by atoms with van der Waals surface area (Å²) in [6.45, 7) is 1.48. The predicted molar refractivity (Wildman–Crippen MR) is 100 cm³/mol. The van der Waals surface area contributed by atoms with Crippen LogP contribution in [-0.4, -0.2) is 29.0 Å². The number of nitrogens with one attached hydrogen (secondary N) is 1. The van der Waals surface area contributed by atoms with Gasteiger partial charge in [-0.05, 0) is 43.2 Å². The van der Waals surface area contributed by atoms with E-state index in [0.29, 0.717) is 16.7 Å². The number of halogens is 3. The Hall–Kier alpha value is -3.16. The summed E-state index contributed by atoms with van der Waals surface area (Å²) in [5.41, 5.74) is 1.11. The lowest BCUT2D eigenvalue weighted by atomic mass is 10.1. The van der Waals surface area contributed by atoms with Crippen molar-refractivity contribution in [2.75, 3.05) is 23.3 Å². The van der Waals surface area contributed by atoms with Gasteiger partial charge >= 0.3 is 6.18 Å². The van der Waals surface area contributed by atoms with E-state index in [0.717, 1.165) is 38.1 Å². The number of anilines is 2. The first-order chi connectivity index (χ1) is 13.4. The van der Waals surface area contributed by atoms with Crippen LogP contribution in [0.4, 0.5) is 24.5 Å². The normalized spacial score (nSPS) is 14.5. The summed E-state index contributed by atoms with van der Waals surface area (Å²) >= 11 is 0. The van der Waals surface area contributed by atoms with Crippen LogP contribution in [0.2, 0.25) is 0 Å². The Morgan fingerprint density at radius 3 is 2.46 bits per heavy atom. The average molecular weight is 386 g/mol. The van der Waals surface area contributed by atoms with E-state index in [2.05, 4.69) is 15.3 Å². The molecule has 144 valence electrons. The minimum Gasteiger partial charge on any atom is -0.370 e. The Kier molecular flexibility index (Phi) is 4.62. The van der Waals surface area contributed by atoms with Gasteiger partial charge in [0.1, 0.15) is 5.69 Å². The molecule has 0 radical (unpaired) electrons. The Balaban J connectivity index is 1.68. The highest BCUT2D eigenvalue weighted by molar-refractivity contribution is 6.05. The zero-order chi connectivity index (χ0) is 19.7. The van der Waals surface area contributed by atoms with Gasteiger partial charge in [-0.25, -0.2) is 4.98 Å². The van der Waals surface area contributed by atoms with Crippen molar-refractivity contribution >= 4 is 28.3 Å². The van der Waals surface area contributed by atoms with Crippen LogP contribution in [0.1, 0.15) is 28.9 Å². The molecular formula is C20H17F3N4O. The molecule has 0 atom stereocenters. The number of benzene rings is 2. The summed E-state index contributed by atoms with van der Waals surface area (Å²) in [4.78, 5) is 23.1. The van der Waals surface area contributed by atoms with Gasteiger partial charge in [-0.1, -0.05) is 12.1 Å². The van der Waals surface area contributed by atoms with Crippen molar-refractivity contribution in [1.82, 2.24) is 9.97 Å². The molecule has 8 heteroatoms. The van der Waals surface area contributed by atoms with Gasteiger partial charge < -0.3 is 10.2 Å². The molecule has 0 aliphatic carbocycles. The van der Waals surface area contributed by atoms with Gasteiger partial charge in [0.15, 0.2) is 0 Å². The third-order valence-electron chi connectivity index (χ3n) is 4.70. The van der Waals surface area contributed by atoms with Crippen LogP contribution < -0.4 is 10.2 Å². The molecule has 3 aromatic rings. The number of amides is 1. The highest BCUT2D eigenvalue weighted by atomic mass is 19.4. The van der Waals surface area contributed by atoms with Gasteiger partial charge in [-0.3, -0.25) is 9.78 Å². The van der Waals surface area contributed by atoms with Crippen molar-refractivity contribution in [2.45, 2.75) is 19.0 Å². The highest BCUT2D eigenvalue weighted by Gasteiger charge is 2.32. The van der Waals surface area contributed by atoms with Gasteiger partial charge in [-0.15, -0.1) is 0 Å². The minimum absolute atomic E-state index is 0.0449. The molecule has 0 bridgehead atoms. The molecule has 2 heterocycles. The summed E-state index contributed by atoms with van der Waals surface area (Å²) < 4.78 is 39.5. The van der Waals surface area contributed by atoms with Crippen molar-refractivity contribution in [3.63, 3.8) is 0 Å². The van der Waals surface area contributed by atoms with E-state index in [4.69, 9.17) is 0 Å². The molecule has 2 aromatic carbocycles. The molecule has 28 heavy (non-hydrogen) atoms. The molecule has 1 fully saturated rings. The number of carbonyl (C=O) groups excluding carboxylic acids is 1. The number of nitrogens with zero attached hydrogens (tertiary/aromatic N) is 3. The molecule has 4 rings (SSSR count). The van der Waals surface area contributed by atoms with Crippen LogP contribution in [0.5, 0.6) is 0 Å². The number of hydrogen-bond donors (Lipinski definition) is 1. The van der Waals surface area contributed by atoms with Crippen LogP contribution in [0.15, 0.2) is 48.7 Å². The number of carbonyl (C=O) groups is 1. The minimum atomic E-state index is -4.49. The maximum absolute atomic E-state index is 13.2. The second kappa shape index (κ2) is 7.10. The molecule has 0 unspecified atom stereocenters. The Labute approximate surface area is 159 Å². The third-order valence-corrected chi connectivity index (χ3v) is 4.70. The SMILES string of the molecule is O=C(Nc1cc(C(F)(F)F)ccc1N1CCCC1)c1cnc2ccccc2n1. The number of para-hydroxylation sites is 2. The lowest BCUT2D eigenvalue weighted by molar-refractivity contribution is -0.137. The number of fused-ring (bicyclic) bond motifs is 1. The van der Waals surface area contributed by atoms with Crippen LogP contribution in [0, 0.1) is 0 Å². The molecule has 1 amide bonds. The number of alkyl halides is 3. The lowest BCUT2D eigenvalue weighted by Gasteiger charge is -2.22. The summed E-state index contributed by atoms with van der Waals surface area (Å²) in [6.07, 6.45) is -1.25. The molecule has 0 spiro atoms. The van der Waals surface area contributed by atoms with Crippen LogP contribution >= 0.6 is 0 Å². The molecule has 1 saturated heterocycles. The first-order valence-electron chi connectivity index (χ1n) is 8.91. The summed E-state index contributed by atoms with van der Waals surface area (Å²) in [5, 5.41) is 2.60. The second-order valence-electron chi connectivity index (χ2n) is 6.62. The van der Waals surface area contributed by atoms with Gasteiger partial charge in [0.05, 0.1) is 34.2 Å². The topological polar surface area (TPSA) is 58.1 Å². The molecule has 5 nitrogen and oxygen atoms in total. The van der Waals surface area contributed by atoms with Crippen molar-refractivity contribution in [1.29, 1.82) is 0 Å². The van der Waals surface area contributed by atoms with Crippen molar-refractivity contribution in [2.24, 2.45) is 0 Å². The van der Waals surface area contributed by atoms with Gasteiger partial charge in [0.2, 0.25) is 0 Å². The van der Waals surface area contributed by atoms with E-state index in [1.54, 1.807) is 18.2 Å². The van der Waals surface area contributed by atoms with E-state index in [1.165, 1.54) is 12.3 Å². The zero-order valence-corrected chi connectivity index (χ0v) is 14.8. The van der Waals surface area contributed by atoms with E-state index in [9.17, 15) is 18.0 Å².